The van der Waals surface area contributed by atoms with Crippen LogP contribution in [0.4, 0.5) is 11.4 Å². The van der Waals surface area contributed by atoms with Gasteiger partial charge >= 0.3 is 5.97 Å². The molecule has 0 atom stereocenters. The molecule has 1 aliphatic carbocycles. The molecule has 0 radical (unpaired) electrons. The Balaban J connectivity index is 1.61. The van der Waals surface area contributed by atoms with Crippen molar-refractivity contribution in [2.24, 2.45) is 0 Å². The van der Waals surface area contributed by atoms with Crippen molar-refractivity contribution in [1.82, 2.24) is 4.98 Å². The van der Waals surface area contributed by atoms with Crippen LogP contribution in [-0.4, -0.2) is 29.5 Å². The monoisotopic (exact) mass is 417 g/mol. The molecule has 1 heterocycles. The number of aromatic nitrogens is 1. The second-order valence-electron chi connectivity index (χ2n) is 7.83. The van der Waals surface area contributed by atoms with E-state index >= 15 is 0 Å². The van der Waals surface area contributed by atoms with E-state index in [0.717, 1.165) is 29.4 Å². The number of carbonyl (C=O) groups is 2. The van der Waals surface area contributed by atoms with Crippen LogP contribution in [0, 0.1) is 0 Å². The summed E-state index contributed by atoms with van der Waals surface area (Å²) >= 11 is 0. The summed E-state index contributed by atoms with van der Waals surface area (Å²) < 4.78 is 5.13. The number of nitrogens with zero attached hydrogens (tertiary/aromatic N) is 1. The Hall–Kier alpha value is -3.41. The number of hydrogen-bond donors (Lipinski definition) is 2. The van der Waals surface area contributed by atoms with Gasteiger partial charge < -0.3 is 15.4 Å². The summed E-state index contributed by atoms with van der Waals surface area (Å²) in [7, 11) is 0. The number of rotatable bonds is 6. The molecular weight excluding hydrogens is 390 g/mol. The summed E-state index contributed by atoms with van der Waals surface area (Å²) in [5, 5.41) is 7.45. The molecule has 3 aromatic rings. The maximum atomic E-state index is 13.0. The van der Waals surface area contributed by atoms with Crippen molar-refractivity contribution in [2.45, 2.75) is 45.1 Å². The van der Waals surface area contributed by atoms with Gasteiger partial charge in [0.1, 0.15) is 0 Å². The predicted octanol–water partition coefficient (Wildman–Crippen LogP) is 5.41. The standard InChI is InChI=1S/C25H27N3O3/c1-2-31-25(30)19-11-13-22(27-20-8-4-3-5-9-20)23(16-19)28-24(29)18-10-12-21-17(15-18)7-6-14-26-21/h6-7,10-16,20,27H,2-5,8-9H2,1H3,(H,28,29). The summed E-state index contributed by atoms with van der Waals surface area (Å²) in [5.41, 5.74) is 3.17. The normalized spacial score (nSPS) is 14.2. The topological polar surface area (TPSA) is 80.3 Å². The zero-order valence-corrected chi connectivity index (χ0v) is 17.7. The summed E-state index contributed by atoms with van der Waals surface area (Å²) in [6.07, 6.45) is 7.60. The van der Waals surface area contributed by atoms with Crippen molar-refractivity contribution >= 4 is 34.2 Å². The Morgan fingerprint density at radius 3 is 2.61 bits per heavy atom. The molecule has 1 aromatic heterocycles. The van der Waals surface area contributed by atoms with E-state index in [4.69, 9.17) is 4.74 Å². The highest BCUT2D eigenvalue weighted by molar-refractivity contribution is 6.08. The molecule has 0 saturated heterocycles. The van der Waals surface area contributed by atoms with Crippen molar-refractivity contribution < 1.29 is 14.3 Å². The van der Waals surface area contributed by atoms with Crippen LogP contribution in [0.2, 0.25) is 0 Å². The molecule has 0 bridgehead atoms. The smallest absolute Gasteiger partial charge is 0.338 e. The lowest BCUT2D eigenvalue weighted by Gasteiger charge is -2.25. The Labute approximate surface area is 182 Å². The number of hydrogen-bond acceptors (Lipinski definition) is 5. The summed E-state index contributed by atoms with van der Waals surface area (Å²) in [4.78, 5) is 29.6. The van der Waals surface area contributed by atoms with Gasteiger partial charge in [0, 0.05) is 23.2 Å². The van der Waals surface area contributed by atoms with Crippen LogP contribution >= 0.6 is 0 Å². The van der Waals surface area contributed by atoms with Crippen LogP contribution in [0.1, 0.15) is 59.7 Å². The Morgan fingerprint density at radius 1 is 1.00 bits per heavy atom. The molecule has 2 aromatic carbocycles. The molecule has 0 aliphatic heterocycles. The fourth-order valence-corrected chi connectivity index (χ4v) is 3.99. The fraction of sp³-hybridized carbons (Fsp3) is 0.320. The number of carbonyl (C=O) groups excluding carboxylic acids is 2. The molecule has 0 spiro atoms. The first-order valence-electron chi connectivity index (χ1n) is 10.9. The number of amides is 1. The highest BCUT2D eigenvalue weighted by Gasteiger charge is 2.18. The molecule has 1 amide bonds. The van der Waals surface area contributed by atoms with Gasteiger partial charge in [-0.1, -0.05) is 25.3 Å². The van der Waals surface area contributed by atoms with Gasteiger partial charge in [-0.05, 0) is 62.2 Å². The largest absolute Gasteiger partial charge is 0.462 e. The second-order valence-corrected chi connectivity index (χ2v) is 7.83. The van der Waals surface area contributed by atoms with E-state index in [9.17, 15) is 9.59 Å². The predicted molar refractivity (Wildman–Crippen MR) is 123 cm³/mol. The molecule has 160 valence electrons. The highest BCUT2D eigenvalue weighted by atomic mass is 16.5. The van der Waals surface area contributed by atoms with E-state index < -0.39 is 5.97 Å². The SMILES string of the molecule is CCOC(=O)c1ccc(NC2CCCCC2)c(NC(=O)c2ccc3ncccc3c2)c1. The highest BCUT2D eigenvalue weighted by Crippen LogP contribution is 2.29. The molecule has 4 rings (SSSR count). The molecular formula is C25H27N3O3. The molecule has 6 nitrogen and oxygen atoms in total. The van der Waals surface area contributed by atoms with E-state index in [0.29, 0.717) is 29.5 Å². The lowest BCUT2D eigenvalue weighted by atomic mass is 9.95. The minimum atomic E-state index is -0.404. The van der Waals surface area contributed by atoms with Gasteiger partial charge in [-0.2, -0.15) is 0 Å². The lowest BCUT2D eigenvalue weighted by Crippen LogP contribution is -2.23. The molecule has 1 fully saturated rings. The molecule has 1 saturated carbocycles. The van der Waals surface area contributed by atoms with Gasteiger partial charge in [-0.3, -0.25) is 9.78 Å². The average Bonchev–Trinajstić information content (AvgIpc) is 2.80. The number of anilines is 2. The lowest BCUT2D eigenvalue weighted by molar-refractivity contribution is 0.0526. The van der Waals surface area contributed by atoms with E-state index in [1.165, 1.54) is 19.3 Å². The minimum absolute atomic E-state index is 0.238. The van der Waals surface area contributed by atoms with E-state index in [2.05, 4.69) is 15.6 Å². The molecule has 31 heavy (non-hydrogen) atoms. The fourth-order valence-electron chi connectivity index (χ4n) is 3.99. The van der Waals surface area contributed by atoms with Gasteiger partial charge in [0.15, 0.2) is 0 Å². The van der Waals surface area contributed by atoms with Gasteiger partial charge in [-0.25, -0.2) is 4.79 Å². The van der Waals surface area contributed by atoms with Crippen LogP contribution in [0.5, 0.6) is 0 Å². The Morgan fingerprint density at radius 2 is 1.81 bits per heavy atom. The molecule has 0 unspecified atom stereocenters. The minimum Gasteiger partial charge on any atom is -0.462 e. The maximum absolute atomic E-state index is 13.0. The van der Waals surface area contributed by atoms with Gasteiger partial charge in [-0.15, -0.1) is 0 Å². The number of pyridine rings is 1. The van der Waals surface area contributed by atoms with Crippen molar-refractivity contribution in [3.05, 3.63) is 65.9 Å². The third kappa shape index (κ3) is 5.02. The number of esters is 1. The quantitative estimate of drug-likeness (QED) is 0.524. The number of ether oxygens (including phenoxy) is 1. The molecule has 2 N–H and O–H groups in total. The maximum Gasteiger partial charge on any atom is 0.338 e. The summed E-state index contributed by atoms with van der Waals surface area (Å²) in [5.74, 6) is -0.641. The Bertz CT molecular complexity index is 1090. The van der Waals surface area contributed by atoms with Crippen LogP contribution in [-0.2, 0) is 4.74 Å². The zero-order chi connectivity index (χ0) is 21.6. The third-order valence-corrected chi connectivity index (χ3v) is 5.61. The van der Waals surface area contributed by atoms with Crippen LogP contribution < -0.4 is 10.6 Å². The zero-order valence-electron chi connectivity index (χ0n) is 17.7. The van der Waals surface area contributed by atoms with Gasteiger partial charge in [0.2, 0.25) is 0 Å². The van der Waals surface area contributed by atoms with E-state index in [1.807, 2.05) is 30.3 Å². The van der Waals surface area contributed by atoms with Crippen LogP contribution in [0.3, 0.4) is 0 Å². The van der Waals surface area contributed by atoms with Crippen LogP contribution in [0.15, 0.2) is 54.7 Å². The first-order valence-corrected chi connectivity index (χ1v) is 10.9. The summed E-state index contributed by atoms with van der Waals surface area (Å²) in [6, 6.07) is 14.8. The molecule has 6 heteroatoms. The number of nitrogens with one attached hydrogen (secondary N) is 2. The second kappa shape index (κ2) is 9.60. The van der Waals surface area contributed by atoms with E-state index in [-0.39, 0.29) is 5.91 Å². The van der Waals surface area contributed by atoms with Crippen LogP contribution in [0.25, 0.3) is 10.9 Å². The van der Waals surface area contributed by atoms with Crippen molar-refractivity contribution in [2.75, 3.05) is 17.2 Å². The van der Waals surface area contributed by atoms with Crippen molar-refractivity contribution in [3.63, 3.8) is 0 Å². The van der Waals surface area contributed by atoms with Gasteiger partial charge in [0.05, 0.1) is 29.1 Å². The van der Waals surface area contributed by atoms with Crippen molar-refractivity contribution in [1.29, 1.82) is 0 Å². The first-order chi connectivity index (χ1) is 15.1. The number of fused-ring (bicyclic) bond motifs is 1. The average molecular weight is 418 g/mol. The van der Waals surface area contributed by atoms with Crippen molar-refractivity contribution in [3.8, 4) is 0 Å². The molecule has 1 aliphatic rings. The third-order valence-electron chi connectivity index (χ3n) is 5.61. The summed E-state index contributed by atoms with van der Waals surface area (Å²) in [6.45, 7) is 2.07. The van der Waals surface area contributed by atoms with Gasteiger partial charge in [0.25, 0.3) is 5.91 Å². The number of benzene rings is 2. The first kappa shape index (κ1) is 20.8. The Kier molecular flexibility index (Phi) is 6.46. The van der Waals surface area contributed by atoms with E-state index in [1.54, 1.807) is 31.3 Å².